The van der Waals surface area contributed by atoms with Crippen LogP contribution in [0.2, 0.25) is 0 Å². The summed E-state index contributed by atoms with van der Waals surface area (Å²) in [4.78, 5) is 32.6. The zero-order chi connectivity index (χ0) is 28.3. The summed E-state index contributed by atoms with van der Waals surface area (Å²) in [7, 11) is 0. The molecule has 6 rings (SSSR count). The fraction of sp³-hybridized carbons (Fsp3) is 0.441. The van der Waals surface area contributed by atoms with Gasteiger partial charge in [-0.3, -0.25) is 14.6 Å². The zero-order valence-corrected chi connectivity index (χ0v) is 23.5. The highest BCUT2D eigenvalue weighted by atomic mass is 16.5. The summed E-state index contributed by atoms with van der Waals surface area (Å²) < 4.78 is 17.9. The average molecular weight is 556 g/mol. The van der Waals surface area contributed by atoms with E-state index in [0.29, 0.717) is 42.0 Å². The van der Waals surface area contributed by atoms with Crippen molar-refractivity contribution < 1.29 is 28.9 Å². The largest absolute Gasteiger partial charge is 0.508 e. The Labute approximate surface area is 241 Å². The molecule has 1 aromatic carbocycles. The number of allylic oxidation sites excluding steroid dienone is 7. The maximum absolute atomic E-state index is 14.0. The van der Waals surface area contributed by atoms with E-state index in [0.717, 1.165) is 49.8 Å². The topological polar surface area (TPSA) is 94.4 Å². The Morgan fingerprint density at radius 2 is 2.02 bits per heavy atom. The predicted molar refractivity (Wildman–Crippen MR) is 155 cm³/mol. The van der Waals surface area contributed by atoms with Crippen LogP contribution in [0.4, 0.5) is 0 Å². The number of hydrogen-bond acceptors (Lipinski definition) is 7. The van der Waals surface area contributed by atoms with Crippen molar-refractivity contribution in [1.82, 2.24) is 0 Å². The van der Waals surface area contributed by atoms with Gasteiger partial charge in [0.05, 0.1) is 0 Å². The van der Waals surface area contributed by atoms with Gasteiger partial charge in [-0.1, -0.05) is 42.9 Å². The van der Waals surface area contributed by atoms with Gasteiger partial charge in [0.15, 0.2) is 5.78 Å². The van der Waals surface area contributed by atoms with Gasteiger partial charge in [-0.25, -0.2) is 0 Å². The number of carbonyl (C=O) groups excluding carboxylic acids is 2. The summed E-state index contributed by atoms with van der Waals surface area (Å²) in [5.74, 6) is -0.449. The van der Waals surface area contributed by atoms with Gasteiger partial charge in [0, 0.05) is 48.1 Å². The third kappa shape index (κ3) is 5.81. The van der Waals surface area contributed by atoms with Crippen LogP contribution in [-0.2, 0) is 23.8 Å². The zero-order valence-electron chi connectivity index (χ0n) is 23.5. The van der Waals surface area contributed by atoms with Crippen LogP contribution >= 0.6 is 0 Å². The maximum atomic E-state index is 14.0. The first-order valence-corrected chi connectivity index (χ1v) is 14.9. The van der Waals surface area contributed by atoms with Crippen LogP contribution in [0, 0.1) is 11.8 Å². The van der Waals surface area contributed by atoms with Gasteiger partial charge in [-0.15, -0.1) is 0 Å². The Morgan fingerprint density at radius 3 is 2.78 bits per heavy atom. The van der Waals surface area contributed by atoms with Crippen molar-refractivity contribution in [2.75, 3.05) is 0 Å². The summed E-state index contributed by atoms with van der Waals surface area (Å²) in [6.45, 7) is 1.98. The van der Waals surface area contributed by atoms with Crippen LogP contribution in [0.1, 0.15) is 82.6 Å². The highest BCUT2D eigenvalue weighted by molar-refractivity contribution is 6.09. The minimum absolute atomic E-state index is 0.0668. The number of carbonyl (C=O) groups is 2. The summed E-state index contributed by atoms with van der Waals surface area (Å²) in [6.07, 6.45) is 17.2. The van der Waals surface area contributed by atoms with Crippen molar-refractivity contribution in [1.29, 1.82) is 0 Å². The molecule has 1 aromatic rings. The SMILES string of the molecule is CCC1=NC2=C(C(=O)CC(C3=COC=C(CC4=CC=CCC4)O3)C2)C(c2cccc(O)c2)C1C(=O)OC1CCCC1. The van der Waals surface area contributed by atoms with Gasteiger partial charge >= 0.3 is 5.97 Å². The number of Topliss-reactive ketones (excluding diaryl/α,β-unsaturated/α-hetero) is 1. The molecule has 3 atom stereocenters. The van der Waals surface area contributed by atoms with Crippen molar-refractivity contribution in [2.24, 2.45) is 16.8 Å². The van der Waals surface area contributed by atoms with Crippen molar-refractivity contribution in [2.45, 2.75) is 83.2 Å². The molecule has 1 fully saturated rings. The Balaban J connectivity index is 1.29. The molecule has 2 heterocycles. The van der Waals surface area contributed by atoms with E-state index in [-0.39, 0.29) is 35.9 Å². The number of aliphatic imine (C=N–C) groups is 1. The minimum Gasteiger partial charge on any atom is -0.508 e. The molecule has 1 N–H and O–H groups in total. The molecule has 5 aliphatic rings. The van der Waals surface area contributed by atoms with Crippen molar-refractivity contribution in [3.63, 3.8) is 0 Å². The van der Waals surface area contributed by atoms with E-state index >= 15 is 0 Å². The molecule has 7 heteroatoms. The van der Waals surface area contributed by atoms with E-state index in [9.17, 15) is 14.7 Å². The van der Waals surface area contributed by atoms with Crippen LogP contribution in [0.3, 0.4) is 0 Å². The number of phenolic OH excluding ortho intramolecular Hbond substituents is 1. The van der Waals surface area contributed by atoms with E-state index < -0.39 is 11.8 Å². The maximum Gasteiger partial charge on any atom is 0.315 e. The highest BCUT2D eigenvalue weighted by Crippen LogP contribution is 2.47. The molecular weight excluding hydrogens is 518 g/mol. The lowest BCUT2D eigenvalue weighted by Crippen LogP contribution is -2.40. The number of ketones is 1. The molecule has 7 nitrogen and oxygen atoms in total. The first-order valence-electron chi connectivity index (χ1n) is 14.9. The molecule has 1 saturated carbocycles. The molecule has 0 radical (unpaired) electrons. The lowest BCUT2D eigenvalue weighted by atomic mass is 9.69. The molecule has 3 unspecified atom stereocenters. The fourth-order valence-electron chi connectivity index (χ4n) is 6.72. The van der Waals surface area contributed by atoms with Gasteiger partial charge < -0.3 is 19.3 Å². The van der Waals surface area contributed by atoms with Crippen LogP contribution < -0.4 is 0 Å². The number of nitrogens with zero attached hydrogens (tertiary/aromatic N) is 1. The molecule has 0 saturated heterocycles. The van der Waals surface area contributed by atoms with E-state index in [4.69, 9.17) is 19.2 Å². The van der Waals surface area contributed by atoms with Gasteiger partial charge in [-0.05, 0) is 62.6 Å². The molecule has 2 aliphatic heterocycles. The van der Waals surface area contributed by atoms with Gasteiger partial charge in [-0.2, -0.15) is 0 Å². The Kier molecular flexibility index (Phi) is 7.95. The molecule has 3 aliphatic carbocycles. The lowest BCUT2D eigenvalue weighted by molar-refractivity contribution is -0.151. The lowest BCUT2D eigenvalue weighted by Gasteiger charge is -2.37. The van der Waals surface area contributed by atoms with E-state index in [2.05, 4.69) is 18.2 Å². The average Bonchev–Trinajstić information content (AvgIpc) is 3.49. The first-order chi connectivity index (χ1) is 20.0. The van der Waals surface area contributed by atoms with Gasteiger partial charge in [0.1, 0.15) is 41.8 Å². The van der Waals surface area contributed by atoms with Gasteiger partial charge in [0.25, 0.3) is 0 Å². The van der Waals surface area contributed by atoms with E-state index in [1.807, 2.05) is 13.0 Å². The summed E-state index contributed by atoms with van der Waals surface area (Å²) >= 11 is 0. The number of hydrogen-bond donors (Lipinski definition) is 1. The predicted octanol–water partition coefficient (Wildman–Crippen LogP) is 7.07. The third-order valence-corrected chi connectivity index (χ3v) is 8.73. The standard InChI is InChI=1S/C34H37NO6/c1-2-27-33(34(38)41-25-13-6-7-14-25)31(22-11-8-12-24(36)16-22)32-28(35-27)17-23(18-29(32)37)30-20-39-19-26(40-30)15-21-9-4-3-5-10-21/h3-4,8-9,11-12,16,19-20,23,25,31,33,36H,2,5-7,10,13-15,17-18H2,1H3. The van der Waals surface area contributed by atoms with Crippen molar-refractivity contribution >= 4 is 17.5 Å². The number of rotatable bonds is 7. The minimum atomic E-state index is -0.706. The number of benzene rings is 1. The van der Waals surface area contributed by atoms with E-state index in [1.54, 1.807) is 30.7 Å². The van der Waals surface area contributed by atoms with Crippen molar-refractivity contribution in [3.8, 4) is 5.75 Å². The molecule has 214 valence electrons. The van der Waals surface area contributed by atoms with Gasteiger partial charge in [0.2, 0.25) is 0 Å². The van der Waals surface area contributed by atoms with Crippen LogP contribution in [0.5, 0.6) is 5.75 Å². The molecule has 0 spiro atoms. The number of ether oxygens (including phenoxy) is 3. The summed E-state index contributed by atoms with van der Waals surface area (Å²) in [5, 5.41) is 10.3. The monoisotopic (exact) mass is 555 g/mol. The second-order valence-corrected chi connectivity index (χ2v) is 11.6. The van der Waals surface area contributed by atoms with Crippen LogP contribution in [0.15, 0.2) is 88.4 Å². The molecular formula is C34H37NO6. The fourth-order valence-corrected chi connectivity index (χ4v) is 6.72. The first kappa shape index (κ1) is 27.3. The second-order valence-electron chi connectivity index (χ2n) is 11.6. The smallest absolute Gasteiger partial charge is 0.315 e. The Morgan fingerprint density at radius 1 is 1.17 bits per heavy atom. The molecule has 41 heavy (non-hydrogen) atoms. The normalized spacial score (nSPS) is 26.3. The van der Waals surface area contributed by atoms with Crippen LogP contribution in [-0.4, -0.2) is 28.7 Å². The van der Waals surface area contributed by atoms with Crippen LogP contribution in [0.25, 0.3) is 0 Å². The second kappa shape index (κ2) is 11.9. The van der Waals surface area contributed by atoms with E-state index in [1.165, 1.54) is 5.57 Å². The summed E-state index contributed by atoms with van der Waals surface area (Å²) in [5.41, 5.74) is 3.94. The molecule has 0 amide bonds. The number of aromatic hydroxyl groups is 1. The highest BCUT2D eigenvalue weighted by Gasteiger charge is 2.46. The number of phenols is 1. The Bertz CT molecular complexity index is 1400. The number of esters is 1. The Hall–Kier alpha value is -3.87. The third-order valence-electron chi connectivity index (χ3n) is 8.73. The molecule has 0 aromatic heterocycles. The van der Waals surface area contributed by atoms with Crippen molar-refractivity contribution in [3.05, 3.63) is 88.9 Å². The quantitative estimate of drug-likeness (QED) is 0.362. The summed E-state index contributed by atoms with van der Waals surface area (Å²) in [6, 6.07) is 6.87. The molecule has 0 bridgehead atoms.